The number of carbonyl (C=O) groups is 1. The number of para-hydroxylation sites is 1. The maximum absolute atomic E-state index is 13.0. The van der Waals surface area contributed by atoms with Crippen LogP contribution in [0.5, 0.6) is 0 Å². The van der Waals surface area contributed by atoms with Gasteiger partial charge in [0.15, 0.2) is 0 Å². The monoisotopic (exact) mass is 326 g/mol. The molecule has 0 saturated carbocycles. The van der Waals surface area contributed by atoms with Crippen molar-refractivity contribution in [2.24, 2.45) is 0 Å². The summed E-state index contributed by atoms with van der Waals surface area (Å²) in [4.78, 5) is 23.5. The number of nitrogens with zero attached hydrogens (tertiary/aromatic N) is 3. The first-order valence-electron chi connectivity index (χ1n) is 8.17. The normalized spacial score (nSPS) is 13.5. The number of aromatic nitrogens is 2. The van der Waals surface area contributed by atoms with Crippen LogP contribution in [0.4, 0.5) is 11.6 Å². The minimum Gasteiger partial charge on any atom is -0.383 e. The van der Waals surface area contributed by atoms with Crippen LogP contribution in [0, 0.1) is 6.92 Å². The molecular formula is C18H22N4O2. The molecular weight excluding hydrogens is 304 g/mol. The molecule has 24 heavy (non-hydrogen) atoms. The molecule has 1 amide bonds. The summed E-state index contributed by atoms with van der Waals surface area (Å²) in [5, 5.41) is 3.09. The molecule has 0 spiro atoms. The summed E-state index contributed by atoms with van der Waals surface area (Å²) in [6.07, 6.45) is 1.97. The van der Waals surface area contributed by atoms with Gasteiger partial charge in [0.2, 0.25) is 5.95 Å². The number of hydrogen-bond acceptors (Lipinski definition) is 5. The van der Waals surface area contributed by atoms with E-state index in [0.29, 0.717) is 31.3 Å². The van der Waals surface area contributed by atoms with Gasteiger partial charge in [-0.05, 0) is 37.5 Å². The first-order valence-corrected chi connectivity index (χ1v) is 8.17. The molecule has 2 aromatic rings. The Hall–Kier alpha value is -2.47. The minimum atomic E-state index is -0.0811. The molecule has 0 radical (unpaired) electrons. The highest BCUT2D eigenvalue weighted by Gasteiger charge is 2.24. The molecule has 2 heterocycles. The lowest BCUT2D eigenvalue weighted by Crippen LogP contribution is -2.36. The fourth-order valence-electron chi connectivity index (χ4n) is 2.90. The predicted molar refractivity (Wildman–Crippen MR) is 93.6 cm³/mol. The highest BCUT2D eigenvalue weighted by molar-refractivity contribution is 6.05. The van der Waals surface area contributed by atoms with Crippen LogP contribution in [0.15, 0.2) is 30.3 Å². The molecule has 1 N–H and O–H groups in total. The van der Waals surface area contributed by atoms with Crippen molar-refractivity contribution in [2.75, 3.05) is 37.0 Å². The van der Waals surface area contributed by atoms with E-state index in [2.05, 4.69) is 21.4 Å². The van der Waals surface area contributed by atoms with Crippen molar-refractivity contribution in [2.45, 2.75) is 19.8 Å². The van der Waals surface area contributed by atoms with Crippen LogP contribution in [0.25, 0.3) is 0 Å². The molecule has 0 bridgehead atoms. The zero-order valence-corrected chi connectivity index (χ0v) is 14.1. The van der Waals surface area contributed by atoms with Crippen molar-refractivity contribution < 1.29 is 9.53 Å². The van der Waals surface area contributed by atoms with E-state index in [1.807, 2.05) is 30.0 Å². The number of methoxy groups -OCH3 is 1. The number of nitrogens with one attached hydrogen (secondary N) is 1. The summed E-state index contributed by atoms with van der Waals surface area (Å²) < 4.78 is 5.01. The van der Waals surface area contributed by atoms with Crippen molar-refractivity contribution in [3.05, 3.63) is 47.3 Å². The number of carbonyl (C=O) groups excluding carboxylic acids is 1. The molecule has 0 unspecified atom stereocenters. The first-order chi connectivity index (χ1) is 11.7. The van der Waals surface area contributed by atoms with Crippen LogP contribution in [0.2, 0.25) is 0 Å². The van der Waals surface area contributed by atoms with E-state index >= 15 is 0 Å². The van der Waals surface area contributed by atoms with E-state index in [9.17, 15) is 4.79 Å². The Morgan fingerprint density at radius 1 is 1.33 bits per heavy atom. The highest BCUT2D eigenvalue weighted by Crippen LogP contribution is 2.28. The highest BCUT2D eigenvalue weighted by atomic mass is 16.5. The van der Waals surface area contributed by atoms with Gasteiger partial charge in [-0.15, -0.1) is 0 Å². The standard InChI is InChI=1S/C18H22N4O2/c1-13-12-15(21-18(20-13)19-9-11-24-2)17(23)22-10-5-7-14-6-3-4-8-16(14)22/h3-4,6,8,12H,5,7,9-11H2,1-2H3,(H,19,20,21). The summed E-state index contributed by atoms with van der Waals surface area (Å²) in [7, 11) is 1.64. The average molecular weight is 326 g/mol. The van der Waals surface area contributed by atoms with E-state index in [4.69, 9.17) is 4.74 Å². The number of anilines is 2. The number of aryl methyl sites for hydroxylation is 2. The van der Waals surface area contributed by atoms with Gasteiger partial charge in [0.05, 0.1) is 6.61 Å². The Bertz CT molecular complexity index is 733. The molecule has 1 aromatic heterocycles. The number of benzene rings is 1. The van der Waals surface area contributed by atoms with Gasteiger partial charge in [0, 0.05) is 31.6 Å². The molecule has 126 valence electrons. The Kier molecular flexibility index (Phi) is 5.05. The number of hydrogen-bond donors (Lipinski definition) is 1. The summed E-state index contributed by atoms with van der Waals surface area (Å²) in [5.41, 5.74) is 3.37. The molecule has 0 saturated heterocycles. The lowest BCUT2D eigenvalue weighted by molar-refractivity contribution is 0.0980. The summed E-state index contributed by atoms with van der Waals surface area (Å²) in [6.45, 7) is 3.73. The van der Waals surface area contributed by atoms with Crippen molar-refractivity contribution >= 4 is 17.5 Å². The molecule has 1 aliphatic heterocycles. The van der Waals surface area contributed by atoms with Crippen LogP contribution < -0.4 is 10.2 Å². The van der Waals surface area contributed by atoms with Crippen LogP contribution in [-0.2, 0) is 11.2 Å². The van der Waals surface area contributed by atoms with E-state index in [1.165, 1.54) is 5.56 Å². The zero-order chi connectivity index (χ0) is 16.9. The molecule has 6 heteroatoms. The topological polar surface area (TPSA) is 67.3 Å². The molecule has 0 fully saturated rings. The molecule has 3 rings (SSSR count). The molecule has 1 aliphatic rings. The van der Waals surface area contributed by atoms with Crippen molar-refractivity contribution in [3.63, 3.8) is 0 Å². The molecule has 0 atom stereocenters. The number of rotatable bonds is 5. The van der Waals surface area contributed by atoms with E-state index in [0.717, 1.165) is 24.2 Å². The van der Waals surface area contributed by atoms with E-state index in [1.54, 1.807) is 13.2 Å². The minimum absolute atomic E-state index is 0.0811. The zero-order valence-electron chi connectivity index (χ0n) is 14.1. The number of fused-ring (bicyclic) bond motifs is 1. The van der Waals surface area contributed by atoms with Gasteiger partial charge in [-0.3, -0.25) is 4.79 Å². The molecule has 6 nitrogen and oxygen atoms in total. The van der Waals surface area contributed by atoms with Gasteiger partial charge in [-0.25, -0.2) is 9.97 Å². The summed E-state index contributed by atoms with van der Waals surface area (Å²) >= 11 is 0. The Morgan fingerprint density at radius 3 is 3.00 bits per heavy atom. The third kappa shape index (κ3) is 3.54. The lowest BCUT2D eigenvalue weighted by Gasteiger charge is -2.29. The maximum atomic E-state index is 13.0. The second-order valence-electron chi connectivity index (χ2n) is 5.83. The molecule has 1 aromatic carbocycles. The van der Waals surface area contributed by atoms with Gasteiger partial charge < -0.3 is 15.0 Å². The second kappa shape index (κ2) is 7.40. The summed E-state index contributed by atoms with van der Waals surface area (Å²) in [5.74, 6) is 0.378. The predicted octanol–water partition coefficient (Wildman–Crippen LogP) is 2.44. The van der Waals surface area contributed by atoms with Gasteiger partial charge in [-0.2, -0.15) is 0 Å². The average Bonchev–Trinajstić information content (AvgIpc) is 2.60. The van der Waals surface area contributed by atoms with Crippen molar-refractivity contribution in [3.8, 4) is 0 Å². The van der Waals surface area contributed by atoms with Gasteiger partial charge in [0.1, 0.15) is 5.69 Å². The quantitative estimate of drug-likeness (QED) is 0.855. The van der Waals surface area contributed by atoms with Crippen LogP contribution >= 0.6 is 0 Å². The Labute approximate surface area is 141 Å². The van der Waals surface area contributed by atoms with E-state index < -0.39 is 0 Å². The van der Waals surface area contributed by atoms with E-state index in [-0.39, 0.29) is 5.91 Å². The third-order valence-corrected chi connectivity index (χ3v) is 4.02. The molecule has 0 aliphatic carbocycles. The van der Waals surface area contributed by atoms with Crippen LogP contribution in [0.3, 0.4) is 0 Å². The van der Waals surface area contributed by atoms with Crippen molar-refractivity contribution in [1.82, 2.24) is 9.97 Å². The summed E-state index contributed by atoms with van der Waals surface area (Å²) in [6, 6.07) is 9.80. The van der Waals surface area contributed by atoms with Gasteiger partial charge >= 0.3 is 0 Å². The van der Waals surface area contributed by atoms with Crippen LogP contribution in [-0.4, -0.2) is 42.7 Å². The maximum Gasteiger partial charge on any atom is 0.277 e. The largest absolute Gasteiger partial charge is 0.383 e. The van der Waals surface area contributed by atoms with Gasteiger partial charge in [-0.1, -0.05) is 18.2 Å². The Balaban J connectivity index is 1.85. The van der Waals surface area contributed by atoms with Crippen LogP contribution in [0.1, 0.15) is 28.2 Å². The lowest BCUT2D eigenvalue weighted by atomic mass is 10.0. The SMILES string of the molecule is COCCNc1nc(C)cc(C(=O)N2CCCc3ccccc32)n1. The fourth-order valence-corrected chi connectivity index (χ4v) is 2.90. The second-order valence-corrected chi connectivity index (χ2v) is 5.83. The number of ether oxygens (including phenoxy) is 1. The first kappa shape index (κ1) is 16.4. The van der Waals surface area contributed by atoms with Crippen molar-refractivity contribution in [1.29, 1.82) is 0 Å². The number of amides is 1. The fraction of sp³-hybridized carbons (Fsp3) is 0.389. The Morgan fingerprint density at radius 2 is 2.17 bits per heavy atom. The smallest absolute Gasteiger partial charge is 0.277 e. The van der Waals surface area contributed by atoms with Gasteiger partial charge in [0.25, 0.3) is 5.91 Å². The third-order valence-electron chi connectivity index (χ3n) is 4.02.